The van der Waals surface area contributed by atoms with E-state index in [1.165, 1.54) is 19.3 Å². The minimum atomic E-state index is 0.618. The maximum Gasteiger partial charge on any atom is 0.0289 e. The molecule has 60 valence electrons. The second kappa shape index (κ2) is 2.82. The minimum absolute atomic E-state index is 0.618. The van der Waals surface area contributed by atoms with E-state index in [0.29, 0.717) is 12.1 Å². The zero-order chi connectivity index (χ0) is 7.68. The first-order valence-corrected chi connectivity index (χ1v) is 4.43. The van der Waals surface area contributed by atoms with Gasteiger partial charge < -0.3 is 5.32 Å². The molecule has 0 radical (unpaired) electrons. The Bertz CT molecular complexity index is 203. The number of rotatable bonds is 0. The Labute approximate surface area is 68.2 Å². The monoisotopic (exact) mass is 149 g/mol. The van der Waals surface area contributed by atoms with Crippen LogP contribution in [0.2, 0.25) is 0 Å². The predicted octanol–water partition coefficient (Wildman–Crippen LogP) is 2.01. The van der Waals surface area contributed by atoms with Crippen molar-refractivity contribution in [1.82, 2.24) is 5.32 Å². The van der Waals surface area contributed by atoms with Crippen molar-refractivity contribution >= 4 is 0 Å². The Morgan fingerprint density at radius 3 is 3.09 bits per heavy atom. The smallest absolute Gasteiger partial charge is 0.0289 e. The third kappa shape index (κ3) is 1.54. The van der Waals surface area contributed by atoms with Gasteiger partial charge in [-0.25, -0.2) is 0 Å². The van der Waals surface area contributed by atoms with E-state index in [2.05, 4.69) is 30.5 Å². The molecule has 1 heteroatoms. The van der Waals surface area contributed by atoms with E-state index in [0.717, 1.165) is 0 Å². The molecule has 11 heavy (non-hydrogen) atoms. The predicted molar refractivity (Wildman–Crippen MR) is 47.5 cm³/mol. The molecule has 0 fully saturated rings. The van der Waals surface area contributed by atoms with Gasteiger partial charge in [-0.2, -0.15) is 0 Å². The fourth-order valence-corrected chi connectivity index (χ4v) is 2.00. The first-order chi connectivity index (χ1) is 5.34. The second-order valence-corrected chi connectivity index (χ2v) is 3.63. The number of hydrogen-bond acceptors (Lipinski definition) is 1. The van der Waals surface area contributed by atoms with E-state index < -0.39 is 0 Å². The van der Waals surface area contributed by atoms with Gasteiger partial charge in [-0.1, -0.05) is 23.8 Å². The molecule has 1 N–H and O–H groups in total. The molecular formula is C10H15N. The fraction of sp³-hybridized carbons (Fsp3) is 0.600. The van der Waals surface area contributed by atoms with Gasteiger partial charge in [-0.05, 0) is 26.2 Å². The highest BCUT2D eigenvalue weighted by atomic mass is 15.0. The molecule has 0 aromatic carbocycles. The van der Waals surface area contributed by atoms with Crippen molar-refractivity contribution < 1.29 is 0 Å². The highest BCUT2D eigenvalue weighted by Gasteiger charge is 2.19. The summed E-state index contributed by atoms with van der Waals surface area (Å²) in [7, 11) is 0. The molecule has 2 aliphatic rings. The first kappa shape index (κ1) is 7.11. The van der Waals surface area contributed by atoms with Gasteiger partial charge in [0.05, 0.1) is 0 Å². The maximum absolute atomic E-state index is 3.61. The van der Waals surface area contributed by atoms with Crippen LogP contribution >= 0.6 is 0 Å². The van der Waals surface area contributed by atoms with Gasteiger partial charge in [0.1, 0.15) is 0 Å². The lowest BCUT2D eigenvalue weighted by Crippen LogP contribution is -2.39. The van der Waals surface area contributed by atoms with E-state index in [-0.39, 0.29) is 0 Å². The van der Waals surface area contributed by atoms with Crippen LogP contribution in [0.5, 0.6) is 0 Å². The third-order valence-corrected chi connectivity index (χ3v) is 2.48. The SMILES string of the molecule is CC1=C[C@@H]2CC=CC[C@@H](C1)N2. The molecule has 2 atom stereocenters. The largest absolute Gasteiger partial charge is 0.307 e. The van der Waals surface area contributed by atoms with E-state index in [1.54, 1.807) is 5.57 Å². The molecule has 0 amide bonds. The van der Waals surface area contributed by atoms with Crippen LogP contribution in [0, 0.1) is 0 Å². The lowest BCUT2D eigenvalue weighted by atomic mass is 9.98. The molecule has 0 unspecified atom stereocenters. The molecular weight excluding hydrogens is 134 g/mol. The Morgan fingerprint density at radius 1 is 1.36 bits per heavy atom. The molecule has 2 heterocycles. The summed E-state index contributed by atoms with van der Waals surface area (Å²) in [6, 6.07) is 1.33. The van der Waals surface area contributed by atoms with Crippen molar-refractivity contribution in [1.29, 1.82) is 0 Å². The summed E-state index contributed by atoms with van der Waals surface area (Å²) in [5, 5.41) is 3.61. The molecule has 0 saturated carbocycles. The van der Waals surface area contributed by atoms with Crippen LogP contribution in [-0.4, -0.2) is 12.1 Å². The summed E-state index contributed by atoms with van der Waals surface area (Å²) in [4.78, 5) is 0. The quantitative estimate of drug-likeness (QED) is 0.519. The van der Waals surface area contributed by atoms with E-state index in [1.807, 2.05) is 0 Å². The molecule has 0 saturated heterocycles. The molecule has 2 bridgehead atoms. The second-order valence-electron chi connectivity index (χ2n) is 3.63. The van der Waals surface area contributed by atoms with Crippen molar-refractivity contribution in [2.24, 2.45) is 0 Å². The van der Waals surface area contributed by atoms with Gasteiger partial charge in [0, 0.05) is 12.1 Å². The van der Waals surface area contributed by atoms with E-state index in [4.69, 9.17) is 0 Å². The lowest BCUT2D eigenvalue weighted by Gasteiger charge is -2.26. The standard InChI is InChI=1S/C10H15N/c1-8-6-9-4-2-3-5-10(7-8)11-9/h2-3,6,9-11H,4-5,7H2,1H3/t9-,10-/m0/s1. The molecule has 1 nitrogen and oxygen atoms in total. The van der Waals surface area contributed by atoms with Crippen LogP contribution in [0.3, 0.4) is 0 Å². The van der Waals surface area contributed by atoms with Crippen molar-refractivity contribution in [2.75, 3.05) is 0 Å². The topological polar surface area (TPSA) is 12.0 Å². The van der Waals surface area contributed by atoms with Crippen molar-refractivity contribution in [2.45, 2.75) is 38.3 Å². The summed E-state index contributed by atoms with van der Waals surface area (Å²) in [5.74, 6) is 0. The van der Waals surface area contributed by atoms with Crippen molar-refractivity contribution in [3.05, 3.63) is 23.8 Å². The average Bonchev–Trinajstić information content (AvgIpc) is 2.11. The number of hydrogen-bond donors (Lipinski definition) is 1. The van der Waals surface area contributed by atoms with E-state index in [9.17, 15) is 0 Å². The van der Waals surface area contributed by atoms with Crippen LogP contribution in [-0.2, 0) is 0 Å². The van der Waals surface area contributed by atoms with Crippen LogP contribution in [0.1, 0.15) is 26.2 Å². The number of fused-ring (bicyclic) bond motifs is 2. The first-order valence-electron chi connectivity index (χ1n) is 4.43. The summed E-state index contributed by atoms with van der Waals surface area (Å²) in [6.45, 7) is 2.24. The van der Waals surface area contributed by atoms with E-state index >= 15 is 0 Å². The summed E-state index contributed by atoms with van der Waals surface area (Å²) >= 11 is 0. The highest BCUT2D eigenvalue weighted by Crippen LogP contribution is 2.20. The van der Waals surface area contributed by atoms with Gasteiger partial charge >= 0.3 is 0 Å². The zero-order valence-corrected chi connectivity index (χ0v) is 7.01. The van der Waals surface area contributed by atoms with Gasteiger partial charge in [0.2, 0.25) is 0 Å². The van der Waals surface area contributed by atoms with Gasteiger partial charge in [-0.15, -0.1) is 0 Å². The van der Waals surface area contributed by atoms with Crippen LogP contribution in [0.15, 0.2) is 23.8 Å². The fourth-order valence-electron chi connectivity index (χ4n) is 2.00. The number of nitrogens with one attached hydrogen (secondary N) is 1. The summed E-state index contributed by atoms with van der Waals surface area (Å²) in [6.07, 6.45) is 10.6. The summed E-state index contributed by atoms with van der Waals surface area (Å²) in [5.41, 5.74) is 1.56. The molecule has 0 aromatic heterocycles. The summed E-state index contributed by atoms with van der Waals surface area (Å²) < 4.78 is 0. The lowest BCUT2D eigenvalue weighted by molar-refractivity contribution is 0.454. The molecule has 0 aromatic rings. The third-order valence-electron chi connectivity index (χ3n) is 2.48. The molecule has 0 spiro atoms. The van der Waals surface area contributed by atoms with Gasteiger partial charge in [-0.3, -0.25) is 0 Å². The normalized spacial score (nSPS) is 36.3. The maximum atomic E-state index is 3.61. The molecule has 2 aliphatic heterocycles. The van der Waals surface area contributed by atoms with Gasteiger partial charge in [0.15, 0.2) is 0 Å². The Kier molecular flexibility index (Phi) is 1.82. The Morgan fingerprint density at radius 2 is 2.18 bits per heavy atom. The van der Waals surface area contributed by atoms with Crippen molar-refractivity contribution in [3.8, 4) is 0 Å². The average molecular weight is 149 g/mol. The van der Waals surface area contributed by atoms with Crippen molar-refractivity contribution in [3.63, 3.8) is 0 Å². The Balaban J connectivity index is 2.17. The minimum Gasteiger partial charge on any atom is -0.307 e. The zero-order valence-electron chi connectivity index (χ0n) is 7.01. The van der Waals surface area contributed by atoms with Crippen LogP contribution in [0.25, 0.3) is 0 Å². The van der Waals surface area contributed by atoms with Gasteiger partial charge in [0.25, 0.3) is 0 Å². The van der Waals surface area contributed by atoms with Crippen LogP contribution < -0.4 is 5.32 Å². The molecule has 0 aliphatic carbocycles. The Hall–Kier alpha value is -0.560. The molecule has 2 rings (SSSR count). The highest BCUT2D eigenvalue weighted by molar-refractivity contribution is 5.15. The van der Waals surface area contributed by atoms with Crippen LogP contribution in [0.4, 0.5) is 0 Å².